The van der Waals surface area contributed by atoms with Gasteiger partial charge in [-0.2, -0.15) is 0 Å². The molecule has 3 rings (SSSR count). The molecule has 0 saturated heterocycles. The van der Waals surface area contributed by atoms with Gasteiger partial charge < -0.3 is 15.0 Å². The van der Waals surface area contributed by atoms with Gasteiger partial charge in [-0.15, -0.1) is 0 Å². The number of amides is 2. The number of hydrogen-bond acceptors (Lipinski definition) is 3. The van der Waals surface area contributed by atoms with Gasteiger partial charge in [0.1, 0.15) is 17.6 Å². The maximum absolute atomic E-state index is 13.3. The third-order valence-electron chi connectivity index (χ3n) is 5.18. The predicted octanol–water partition coefficient (Wildman–Crippen LogP) is 5.06. The molecule has 2 amide bonds. The fourth-order valence-electron chi connectivity index (χ4n) is 3.55. The summed E-state index contributed by atoms with van der Waals surface area (Å²) in [5.74, 6) is -0.360. The lowest BCUT2D eigenvalue weighted by atomic mass is 10.1. The molecule has 5 nitrogen and oxygen atoms in total. The summed E-state index contributed by atoms with van der Waals surface area (Å²) in [6, 6.07) is 16.8. The quantitative estimate of drug-likeness (QED) is 0.446. The Labute approximate surface area is 195 Å². The fraction of sp³-hybridized carbons (Fsp3) is 0.280. The summed E-state index contributed by atoms with van der Waals surface area (Å²) in [6.07, 6.45) is 0.443. The molecule has 0 heterocycles. The Kier molecular flexibility index (Phi) is 8.22. The average molecular weight is 501 g/mol. The Hall–Kier alpha value is -2.93. The van der Waals surface area contributed by atoms with Crippen LogP contribution < -0.4 is 10.1 Å². The van der Waals surface area contributed by atoms with Crippen LogP contribution in [0.1, 0.15) is 25.8 Å². The molecule has 0 unspecified atom stereocenters. The van der Waals surface area contributed by atoms with Crippen molar-refractivity contribution in [2.45, 2.75) is 32.9 Å². The van der Waals surface area contributed by atoms with Crippen LogP contribution in [-0.2, 0) is 16.1 Å². The van der Waals surface area contributed by atoms with E-state index in [0.29, 0.717) is 18.7 Å². The molecular formula is C25H26BrFN2O3. The van der Waals surface area contributed by atoms with Gasteiger partial charge in [0.2, 0.25) is 5.91 Å². The zero-order valence-corrected chi connectivity index (χ0v) is 19.7. The molecule has 3 aromatic rings. The van der Waals surface area contributed by atoms with Crippen LogP contribution in [0.15, 0.2) is 65.1 Å². The first-order chi connectivity index (χ1) is 15.4. The summed E-state index contributed by atoms with van der Waals surface area (Å²) in [7, 11) is 0. The van der Waals surface area contributed by atoms with Crippen LogP contribution >= 0.6 is 15.9 Å². The Bertz CT molecular complexity index is 1090. The molecular weight excluding hydrogens is 475 g/mol. The van der Waals surface area contributed by atoms with E-state index in [0.717, 1.165) is 20.8 Å². The van der Waals surface area contributed by atoms with Crippen molar-refractivity contribution in [3.63, 3.8) is 0 Å². The van der Waals surface area contributed by atoms with E-state index in [1.54, 1.807) is 12.1 Å². The van der Waals surface area contributed by atoms with E-state index >= 15 is 0 Å². The Balaban J connectivity index is 1.81. The van der Waals surface area contributed by atoms with Gasteiger partial charge in [-0.05, 0) is 63.8 Å². The summed E-state index contributed by atoms with van der Waals surface area (Å²) < 4.78 is 19.9. The highest BCUT2D eigenvalue weighted by Crippen LogP contribution is 2.33. The Morgan fingerprint density at radius 1 is 1.06 bits per heavy atom. The lowest BCUT2D eigenvalue weighted by Crippen LogP contribution is -2.50. The molecule has 0 aliphatic rings. The summed E-state index contributed by atoms with van der Waals surface area (Å²) in [4.78, 5) is 27.3. The number of fused-ring (bicyclic) bond motifs is 1. The number of rotatable bonds is 9. The van der Waals surface area contributed by atoms with Crippen molar-refractivity contribution < 1.29 is 18.7 Å². The van der Waals surface area contributed by atoms with Gasteiger partial charge in [-0.1, -0.05) is 49.4 Å². The number of ether oxygens (including phenoxy) is 1. The van der Waals surface area contributed by atoms with Crippen molar-refractivity contribution >= 4 is 38.5 Å². The molecule has 0 radical (unpaired) electrons. The summed E-state index contributed by atoms with van der Waals surface area (Å²) in [5, 5.41) is 4.82. The zero-order chi connectivity index (χ0) is 23.1. The van der Waals surface area contributed by atoms with Gasteiger partial charge in [-0.25, -0.2) is 4.39 Å². The number of carbonyl (C=O) groups excluding carboxylic acids is 2. The normalized spacial score (nSPS) is 11.8. The third kappa shape index (κ3) is 5.65. The monoisotopic (exact) mass is 500 g/mol. The molecule has 0 fully saturated rings. The number of benzene rings is 3. The van der Waals surface area contributed by atoms with Crippen LogP contribution in [0.5, 0.6) is 5.75 Å². The molecule has 1 atom stereocenters. The molecule has 7 heteroatoms. The van der Waals surface area contributed by atoms with Gasteiger partial charge >= 0.3 is 0 Å². The van der Waals surface area contributed by atoms with E-state index in [4.69, 9.17) is 4.74 Å². The van der Waals surface area contributed by atoms with Crippen LogP contribution in [0.2, 0.25) is 0 Å². The first kappa shape index (κ1) is 23.7. The van der Waals surface area contributed by atoms with E-state index in [9.17, 15) is 14.0 Å². The highest BCUT2D eigenvalue weighted by molar-refractivity contribution is 9.10. The van der Waals surface area contributed by atoms with Gasteiger partial charge in [0.15, 0.2) is 6.61 Å². The molecule has 0 bridgehead atoms. The minimum absolute atomic E-state index is 0.178. The number of nitrogens with zero attached hydrogens (tertiary/aromatic N) is 1. The number of halogens is 2. The molecule has 32 heavy (non-hydrogen) atoms. The molecule has 3 aromatic carbocycles. The standard InChI is InChI=1S/C25H26BrFN2O3/c1-3-21(25(31)28-4-2)29(15-17-9-12-19(27)13-10-17)23(30)16-32-22-14-11-18-7-5-6-8-20(18)24(22)26/h5-14,21H,3-4,15-16H2,1-2H3,(H,28,31)/t21-/m1/s1. The van der Waals surface area contributed by atoms with Gasteiger partial charge in [0.05, 0.1) is 4.47 Å². The van der Waals surface area contributed by atoms with Crippen LogP contribution in [0.3, 0.4) is 0 Å². The maximum Gasteiger partial charge on any atom is 0.261 e. The minimum Gasteiger partial charge on any atom is -0.483 e. The maximum atomic E-state index is 13.3. The van der Waals surface area contributed by atoms with Crippen molar-refractivity contribution in [3.8, 4) is 5.75 Å². The Morgan fingerprint density at radius 2 is 1.78 bits per heavy atom. The second-order valence-corrected chi connectivity index (χ2v) is 8.15. The highest BCUT2D eigenvalue weighted by atomic mass is 79.9. The van der Waals surface area contributed by atoms with E-state index < -0.39 is 6.04 Å². The van der Waals surface area contributed by atoms with Gasteiger partial charge in [0, 0.05) is 13.1 Å². The Morgan fingerprint density at radius 3 is 2.47 bits per heavy atom. The molecule has 0 spiro atoms. The zero-order valence-electron chi connectivity index (χ0n) is 18.1. The number of likely N-dealkylation sites (N-methyl/N-ethyl adjacent to an activating group) is 1. The second-order valence-electron chi connectivity index (χ2n) is 7.35. The third-order valence-corrected chi connectivity index (χ3v) is 6.00. The number of hydrogen-bond donors (Lipinski definition) is 1. The SMILES string of the molecule is CCNC(=O)[C@@H](CC)N(Cc1ccc(F)cc1)C(=O)COc1ccc2ccccc2c1Br. The second kappa shape index (κ2) is 11.1. The molecule has 1 N–H and O–H groups in total. The van der Waals surface area contributed by atoms with E-state index in [-0.39, 0.29) is 30.8 Å². The molecule has 0 aliphatic carbocycles. The lowest BCUT2D eigenvalue weighted by Gasteiger charge is -2.30. The summed E-state index contributed by atoms with van der Waals surface area (Å²) in [6.45, 7) is 4.10. The highest BCUT2D eigenvalue weighted by Gasteiger charge is 2.28. The lowest BCUT2D eigenvalue weighted by molar-refractivity contribution is -0.142. The van der Waals surface area contributed by atoms with Crippen LogP contribution in [0.4, 0.5) is 4.39 Å². The largest absolute Gasteiger partial charge is 0.483 e. The molecule has 168 valence electrons. The first-order valence-corrected chi connectivity index (χ1v) is 11.4. The van der Waals surface area contributed by atoms with Crippen molar-refractivity contribution in [2.75, 3.05) is 13.2 Å². The van der Waals surface area contributed by atoms with Gasteiger partial charge in [0.25, 0.3) is 5.91 Å². The summed E-state index contributed by atoms with van der Waals surface area (Å²) in [5.41, 5.74) is 0.731. The molecule has 0 saturated carbocycles. The van der Waals surface area contributed by atoms with Crippen molar-refractivity contribution in [1.29, 1.82) is 0 Å². The predicted molar refractivity (Wildman–Crippen MR) is 127 cm³/mol. The fourth-order valence-corrected chi connectivity index (χ4v) is 4.15. The van der Waals surface area contributed by atoms with Crippen molar-refractivity contribution in [1.82, 2.24) is 10.2 Å². The smallest absolute Gasteiger partial charge is 0.261 e. The van der Waals surface area contributed by atoms with Crippen molar-refractivity contribution in [2.24, 2.45) is 0 Å². The van der Waals surface area contributed by atoms with Crippen LogP contribution in [0.25, 0.3) is 10.8 Å². The molecule has 0 aliphatic heterocycles. The minimum atomic E-state index is -0.656. The number of nitrogens with one attached hydrogen (secondary N) is 1. The number of carbonyl (C=O) groups is 2. The average Bonchev–Trinajstić information content (AvgIpc) is 2.80. The summed E-state index contributed by atoms with van der Waals surface area (Å²) >= 11 is 3.57. The van der Waals surface area contributed by atoms with E-state index in [1.165, 1.54) is 17.0 Å². The topological polar surface area (TPSA) is 58.6 Å². The van der Waals surface area contributed by atoms with Crippen LogP contribution in [0, 0.1) is 5.82 Å². The van der Waals surface area contributed by atoms with E-state index in [1.807, 2.05) is 50.2 Å². The van der Waals surface area contributed by atoms with Crippen LogP contribution in [-0.4, -0.2) is 35.9 Å². The van der Waals surface area contributed by atoms with Crippen molar-refractivity contribution in [3.05, 3.63) is 76.5 Å². The van der Waals surface area contributed by atoms with Gasteiger partial charge in [-0.3, -0.25) is 9.59 Å². The first-order valence-electron chi connectivity index (χ1n) is 10.6. The molecule has 0 aromatic heterocycles. The van der Waals surface area contributed by atoms with E-state index in [2.05, 4.69) is 21.2 Å².